The number of imidazole rings is 1. The second-order valence-electron chi connectivity index (χ2n) is 8.06. The predicted molar refractivity (Wildman–Crippen MR) is 124 cm³/mol. The van der Waals surface area contributed by atoms with Gasteiger partial charge >= 0.3 is 6.55 Å². The van der Waals surface area contributed by atoms with Crippen LogP contribution in [0.3, 0.4) is 0 Å². The van der Waals surface area contributed by atoms with Gasteiger partial charge in [-0.2, -0.15) is 13.9 Å². The molecule has 4 aromatic rings. The van der Waals surface area contributed by atoms with Crippen molar-refractivity contribution in [3.63, 3.8) is 0 Å². The van der Waals surface area contributed by atoms with Crippen molar-refractivity contribution >= 4 is 11.9 Å². The molecule has 0 bridgehead atoms. The Hall–Kier alpha value is -3.99. The van der Waals surface area contributed by atoms with Gasteiger partial charge in [0.05, 0.1) is 23.8 Å². The Morgan fingerprint density at radius 1 is 1.15 bits per heavy atom. The van der Waals surface area contributed by atoms with Crippen LogP contribution in [0.1, 0.15) is 32.1 Å². The van der Waals surface area contributed by atoms with Gasteiger partial charge in [0, 0.05) is 42.5 Å². The molecule has 4 aromatic heterocycles. The molecule has 9 nitrogen and oxygen atoms in total. The third-order valence-electron chi connectivity index (χ3n) is 5.60. The van der Waals surface area contributed by atoms with Crippen LogP contribution in [-0.2, 0) is 5.54 Å². The van der Waals surface area contributed by atoms with Crippen LogP contribution in [0, 0.1) is 0 Å². The zero-order valence-electron chi connectivity index (χ0n) is 18.4. The standard InChI is InChI=1S/C23H23F2N9/c1-2-8-27-19-5-7-23(26,14-30-19)21-28-9-6-17(32-21)18-11-29-20-4-3-15(12-33(18)20)16-10-31-34(13-16)22(24)25/h3-6,9-14,22,27H,2,7-8,26H2,1H3. The third-order valence-corrected chi connectivity index (χ3v) is 5.60. The van der Waals surface area contributed by atoms with Crippen molar-refractivity contribution in [3.8, 4) is 22.5 Å². The number of aliphatic imine (C=N–C) groups is 1. The molecule has 11 heteroatoms. The quantitative estimate of drug-likeness (QED) is 0.434. The van der Waals surface area contributed by atoms with E-state index in [4.69, 9.17) is 10.7 Å². The number of nitrogens with zero attached hydrogens (tertiary/aromatic N) is 7. The Balaban J connectivity index is 1.47. The first-order valence-electron chi connectivity index (χ1n) is 10.9. The van der Waals surface area contributed by atoms with E-state index in [1.807, 2.05) is 28.8 Å². The lowest BCUT2D eigenvalue weighted by Crippen LogP contribution is -2.41. The molecule has 1 unspecified atom stereocenters. The summed E-state index contributed by atoms with van der Waals surface area (Å²) in [5, 5.41) is 6.97. The van der Waals surface area contributed by atoms with Crippen molar-refractivity contribution < 1.29 is 8.78 Å². The van der Waals surface area contributed by atoms with E-state index in [2.05, 4.69) is 32.3 Å². The minimum Gasteiger partial charge on any atom is -0.370 e. The maximum atomic E-state index is 12.9. The first-order chi connectivity index (χ1) is 16.5. The highest BCUT2D eigenvalue weighted by Gasteiger charge is 2.30. The first-order valence-corrected chi connectivity index (χ1v) is 10.9. The fourth-order valence-electron chi connectivity index (χ4n) is 3.74. The minimum atomic E-state index is -2.69. The van der Waals surface area contributed by atoms with Gasteiger partial charge in [0.25, 0.3) is 0 Å². The van der Waals surface area contributed by atoms with Crippen molar-refractivity contribution in [2.75, 3.05) is 6.54 Å². The average molecular weight is 463 g/mol. The summed E-state index contributed by atoms with van der Waals surface area (Å²) in [6.07, 6.45) is 13.0. The molecule has 1 aliphatic heterocycles. The van der Waals surface area contributed by atoms with Gasteiger partial charge in [-0.25, -0.2) is 24.6 Å². The topological polar surface area (TPSA) is 111 Å². The number of rotatable bonds is 7. The van der Waals surface area contributed by atoms with Gasteiger partial charge < -0.3 is 11.1 Å². The van der Waals surface area contributed by atoms with Gasteiger partial charge in [-0.1, -0.05) is 6.92 Å². The lowest BCUT2D eigenvalue weighted by atomic mass is 9.95. The van der Waals surface area contributed by atoms with Crippen molar-refractivity contribution in [1.29, 1.82) is 0 Å². The van der Waals surface area contributed by atoms with Crippen molar-refractivity contribution in [2.45, 2.75) is 31.9 Å². The SMILES string of the molecule is CCCNC1=CCC(N)(c2nccc(-c3cnc4ccc(-c5cnn(C(F)F)c5)cn34)n2)C=N1. The number of nitrogens with two attached hydrogens (primary N) is 1. The number of nitrogens with one attached hydrogen (secondary N) is 1. The summed E-state index contributed by atoms with van der Waals surface area (Å²) < 4.78 is 28.3. The van der Waals surface area contributed by atoms with Crippen LogP contribution < -0.4 is 11.1 Å². The Bertz CT molecular complexity index is 1390. The van der Waals surface area contributed by atoms with Crippen LogP contribution in [0.4, 0.5) is 8.78 Å². The van der Waals surface area contributed by atoms with E-state index in [9.17, 15) is 8.78 Å². The molecule has 0 amide bonds. The zero-order chi connectivity index (χ0) is 23.7. The van der Waals surface area contributed by atoms with Crippen LogP contribution in [0.25, 0.3) is 28.2 Å². The molecule has 1 aliphatic rings. The molecule has 0 aromatic carbocycles. The van der Waals surface area contributed by atoms with Crippen LogP contribution in [0.5, 0.6) is 0 Å². The van der Waals surface area contributed by atoms with E-state index in [0.29, 0.717) is 33.8 Å². The number of hydrogen-bond donors (Lipinski definition) is 2. The third kappa shape index (κ3) is 4.05. The number of hydrogen-bond acceptors (Lipinski definition) is 7. The summed E-state index contributed by atoms with van der Waals surface area (Å²) in [4.78, 5) is 18.0. The second-order valence-corrected chi connectivity index (χ2v) is 8.06. The van der Waals surface area contributed by atoms with Gasteiger partial charge in [-0.05, 0) is 37.1 Å². The van der Waals surface area contributed by atoms with Crippen LogP contribution >= 0.6 is 0 Å². The molecule has 34 heavy (non-hydrogen) atoms. The number of aromatic nitrogens is 6. The normalized spacial score (nSPS) is 18.0. The molecule has 0 saturated heterocycles. The Morgan fingerprint density at radius 2 is 2.03 bits per heavy atom. The van der Waals surface area contributed by atoms with E-state index in [1.54, 1.807) is 24.7 Å². The molecule has 5 rings (SSSR count). The van der Waals surface area contributed by atoms with E-state index in [0.717, 1.165) is 30.0 Å². The van der Waals surface area contributed by atoms with Crippen LogP contribution in [0.2, 0.25) is 0 Å². The van der Waals surface area contributed by atoms with Gasteiger partial charge in [0.1, 0.15) is 17.0 Å². The van der Waals surface area contributed by atoms with Gasteiger partial charge in [-0.3, -0.25) is 4.40 Å². The highest BCUT2D eigenvalue weighted by atomic mass is 19.3. The number of pyridine rings is 1. The molecule has 0 radical (unpaired) electrons. The monoisotopic (exact) mass is 463 g/mol. The van der Waals surface area contributed by atoms with Gasteiger partial charge in [0.15, 0.2) is 5.82 Å². The smallest absolute Gasteiger partial charge is 0.333 e. The fraction of sp³-hybridized carbons (Fsp3) is 0.261. The summed E-state index contributed by atoms with van der Waals surface area (Å²) >= 11 is 0. The number of alkyl halides is 2. The van der Waals surface area contributed by atoms with E-state index >= 15 is 0 Å². The largest absolute Gasteiger partial charge is 0.370 e. The van der Waals surface area contributed by atoms with Crippen molar-refractivity contribution in [1.82, 2.24) is 34.4 Å². The van der Waals surface area contributed by atoms with Crippen LogP contribution in [0.15, 0.2) is 66.1 Å². The van der Waals surface area contributed by atoms with Gasteiger partial charge in [0.2, 0.25) is 0 Å². The molecule has 0 spiro atoms. The lowest BCUT2D eigenvalue weighted by molar-refractivity contribution is 0.0566. The predicted octanol–water partition coefficient (Wildman–Crippen LogP) is 3.52. The molecule has 5 heterocycles. The van der Waals surface area contributed by atoms with Gasteiger partial charge in [-0.15, -0.1) is 0 Å². The molecule has 0 aliphatic carbocycles. The molecule has 0 fully saturated rings. The lowest BCUT2D eigenvalue weighted by Gasteiger charge is -2.25. The Kier molecular flexibility index (Phi) is 5.62. The van der Waals surface area contributed by atoms with E-state index in [1.165, 1.54) is 12.4 Å². The summed E-state index contributed by atoms with van der Waals surface area (Å²) in [6, 6.07) is 5.41. The highest BCUT2D eigenvalue weighted by Crippen LogP contribution is 2.27. The molecule has 174 valence electrons. The van der Waals surface area contributed by atoms with E-state index in [-0.39, 0.29) is 0 Å². The molecular weight excluding hydrogens is 440 g/mol. The minimum absolute atomic E-state index is 0.448. The van der Waals surface area contributed by atoms with Crippen molar-refractivity contribution in [2.24, 2.45) is 10.7 Å². The summed E-state index contributed by atoms with van der Waals surface area (Å²) in [5.41, 5.74) is 9.01. The average Bonchev–Trinajstić information content (AvgIpc) is 3.51. The van der Waals surface area contributed by atoms with E-state index < -0.39 is 12.1 Å². The molecule has 1 atom stereocenters. The number of halogens is 2. The Morgan fingerprint density at radius 3 is 2.76 bits per heavy atom. The maximum absolute atomic E-state index is 12.9. The zero-order valence-corrected chi connectivity index (χ0v) is 18.4. The number of fused-ring (bicyclic) bond motifs is 1. The molecular formula is C23H23F2N9. The highest BCUT2D eigenvalue weighted by molar-refractivity contribution is 5.74. The van der Waals surface area contributed by atoms with Crippen molar-refractivity contribution in [3.05, 3.63) is 66.9 Å². The second kappa shape index (κ2) is 8.75. The molecule has 3 N–H and O–H groups in total. The summed E-state index contributed by atoms with van der Waals surface area (Å²) in [5.74, 6) is 1.24. The fourth-order valence-corrected chi connectivity index (χ4v) is 3.74. The summed E-state index contributed by atoms with van der Waals surface area (Å²) in [7, 11) is 0. The maximum Gasteiger partial charge on any atom is 0.333 e. The molecule has 0 saturated carbocycles. The first kappa shape index (κ1) is 21.8. The Labute approximate surface area is 194 Å². The summed E-state index contributed by atoms with van der Waals surface area (Å²) in [6.45, 7) is 0.235. The van der Waals surface area contributed by atoms with Crippen LogP contribution in [-0.4, -0.2) is 41.9 Å².